The summed E-state index contributed by atoms with van der Waals surface area (Å²) < 4.78 is 24.4. The molecule has 0 spiro atoms. The number of aliphatic hydroxyl groups is 1. The van der Waals surface area contributed by atoms with Crippen LogP contribution in [-0.2, 0) is 18.3 Å². The molecule has 1 N–H and O–H groups in total. The van der Waals surface area contributed by atoms with Gasteiger partial charge in [0.15, 0.2) is 22.9 Å². The van der Waals surface area contributed by atoms with Crippen LogP contribution in [0, 0.1) is 0 Å². The quantitative estimate of drug-likeness (QED) is 0.657. The molecule has 0 aromatic heterocycles. The first-order valence-electron chi connectivity index (χ1n) is 9.58. The third kappa shape index (κ3) is 4.98. The first-order valence-corrected chi connectivity index (χ1v) is 15.4. The van der Waals surface area contributed by atoms with Crippen LogP contribution in [0.15, 0.2) is 0 Å². The highest BCUT2D eigenvalue weighted by molar-refractivity contribution is 6.74. The number of ether oxygens (including phenoxy) is 2. The van der Waals surface area contributed by atoms with Gasteiger partial charge in [-0.1, -0.05) is 41.5 Å². The highest BCUT2D eigenvalue weighted by Gasteiger charge is 2.56. The Balaban J connectivity index is 2.97. The van der Waals surface area contributed by atoms with Crippen molar-refractivity contribution >= 4 is 16.6 Å². The van der Waals surface area contributed by atoms with Crippen LogP contribution in [0.4, 0.5) is 0 Å². The van der Waals surface area contributed by atoms with Crippen molar-refractivity contribution < 1.29 is 23.4 Å². The Morgan fingerprint density at radius 3 is 1.81 bits per heavy atom. The fourth-order valence-corrected chi connectivity index (χ4v) is 4.73. The third-order valence-electron chi connectivity index (χ3n) is 6.59. The second kappa shape index (κ2) is 7.57. The van der Waals surface area contributed by atoms with Gasteiger partial charge >= 0.3 is 0 Å². The smallest absolute Gasteiger partial charge is 0.192 e. The Labute approximate surface area is 163 Å². The largest absolute Gasteiger partial charge is 0.414 e. The van der Waals surface area contributed by atoms with Crippen LogP contribution in [-0.4, -0.2) is 59.6 Å². The summed E-state index contributed by atoms with van der Waals surface area (Å²) in [5.74, 6) is 0. The molecule has 0 bridgehead atoms. The standard InChI is InChI=1S/C19H42O5Si2/c1-17(2,3)25(9,10)22-13-19(7)15(20)14(16(21-8)23-19)24-26(11,12)18(4,5)6/h14-16,20H,13H2,1-12H3/t14-,15-,16-,19+/m1/s1. The molecule has 0 radical (unpaired) electrons. The van der Waals surface area contributed by atoms with E-state index in [1.54, 1.807) is 7.11 Å². The van der Waals surface area contributed by atoms with E-state index < -0.39 is 40.7 Å². The predicted octanol–water partition coefficient (Wildman–Crippen LogP) is 4.52. The lowest BCUT2D eigenvalue weighted by atomic mass is 9.99. The van der Waals surface area contributed by atoms with Gasteiger partial charge in [-0.2, -0.15) is 0 Å². The van der Waals surface area contributed by atoms with Crippen LogP contribution in [0.2, 0.25) is 36.3 Å². The van der Waals surface area contributed by atoms with E-state index in [9.17, 15) is 5.11 Å². The van der Waals surface area contributed by atoms with E-state index in [0.29, 0.717) is 6.61 Å². The lowest BCUT2D eigenvalue weighted by molar-refractivity contribution is -0.179. The Morgan fingerprint density at radius 2 is 1.42 bits per heavy atom. The number of rotatable bonds is 6. The minimum atomic E-state index is -2.07. The molecule has 0 aliphatic carbocycles. The highest BCUT2D eigenvalue weighted by atomic mass is 28.4. The van der Waals surface area contributed by atoms with Gasteiger partial charge in [0.1, 0.15) is 17.8 Å². The van der Waals surface area contributed by atoms with Gasteiger partial charge in [0, 0.05) is 7.11 Å². The molecule has 1 heterocycles. The van der Waals surface area contributed by atoms with Gasteiger partial charge in [-0.25, -0.2) is 0 Å². The molecule has 156 valence electrons. The molecule has 5 nitrogen and oxygen atoms in total. The average Bonchev–Trinajstić information content (AvgIpc) is 2.68. The summed E-state index contributed by atoms with van der Waals surface area (Å²) >= 11 is 0. The van der Waals surface area contributed by atoms with Crippen molar-refractivity contribution in [2.75, 3.05) is 13.7 Å². The summed E-state index contributed by atoms with van der Waals surface area (Å²) in [5, 5.41) is 11.2. The van der Waals surface area contributed by atoms with E-state index in [2.05, 4.69) is 67.7 Å². The molecule has 0 amide bonds. The first kappa shape index (κ1) is 24.3. The minimum absolute atomic E-state index is 0.0433. The van der Waals surface area contributed by atoms with Crippen LogP contribution >= 0.6 is 0 Å². The van der Waals surface area contributed by atoms with Crippen molar-refractivity contribution in [2.24, 2.45) is 0 Å². The molecule has 0 aromatic carbocycles. The fraction of sp³-hybridized carbons (Fsp3) is 1.00. The predicted molar refractivity (Wildman–Crippen MR) is 112 cm³/mol. The lowest BCUT2D eigenvalue weighted by Crippen LogP contribution is -2.53. The molecule has 4 atom stereocenters. The molecule has 0 saturated carbocycles. The van der Waals surface area contributed by atoms with Gasteiger partial charge in [0.05, 0.1) is 6.61 Å². The van der Waals surface area contributed by atoms with Gasteiger partial charge < -0.3 is 23.4 Å². The van der Waals surface area contributed by atoms with Crippen molar-refractivity contribution in [3.05, 3.63) is 0 Å². The number of methoxy groups -OCH3 is 1. The molecule has 0 unspecified atom stereocenters. The second-order valence-electron chi connectivity index (χ2n) is 10.9. The molecule has 26 heavy (non-hydrogen) atoms. The van der Waals surface area contributed by atoms with Crippen molar-refractivity contribution in [1.29, 1.82) is 0 Å². The lowest BCUT2D eigenvalue weighted by Gasteiger charge is -2.41. The molecule has 1 fully saturated rings. The van der Waals surface area contributed by atoms with Gasteiger partial charge in [-0.3, -0.25) is 0 Å². The van der Waals surface area contributed by atoms with Crippen LogP contribution in [0.25, 0.3) is 0 Å². The van der Waals surface area contributed by atoms with Gasteiger partial charge in [-0.15, -0.1) is 0 Å². The first-order chi connectivity index (χ1) is 11.4. The molecule has 7 heteroatoms. The van der Waals surface area contributed by atoms with E-state index in [1.807, 2.05) is 6.92 Å². The zero-order chi connectivity index (χ0) is 20.8. The zero-order valence-electron chi connectivity index (χ0n) is 19.0. The molecule has 1 rings (SSSR count). The SMILES string of the molecule is CO[C@@H]1O[C@@](C)(CO[Si](C)(C)C(C)(C)C)[C@H](O)[C@H]1O[Si](C)(C)C(C)(C)C. The Kier molecular flexibility index (Phi) is 7.07. The zero-order valence-corrected chi connectivity index (χ0v) is 21.0. The average molecular weight is 407 g/mol. The van der Waals surface area contributed by atoms with Gasteiger partial charge in [0.25, 0.3) is 0 Å². The normalized spacial score (nSPS) is 31.5. The maximum Gasteiger partial charge on any atom is 0.192 e. The summed E-state index contributed by atoms with van der Waals surface area (Å²) in [5.41, 5.74) is -0.844. The molecule has 1 saturated heterocycles. The van der Waals surface area contributed by atoms with E-state index in [-0.39, 0.29) is 10.1 Å². The summed E-state index contributed by atoms with van der Waals surface area (Å²) in [4.78, 5) is 0. The van der Waals surface area contributed by atoms with Crippen LogP contribution in [0.5, 0.6) is 0 Å². The van der Waals surface area contributed by atoms with Crippen molar-refractivity contribution in [3.8, 4) is 0 Å². The minimum Gasteiger partial charge on any atom is -0.414 e. The van der Waals surface area contributed by atoms with E-state index in [1.165, 1.54) is 0 Å². The topological polar surface area (TPSA) is 57.2 Å². The summed E-state index contributed by atoms with van der Waals surface area (Å²) in [6, 6.07) is 0. The summed E-state index contributed by atoms with van der Waals surface area (Å²) in [6.45, 7) is 24.1. The summed E-state index contributed by atoms with van der Waals surface area (Å²) in [7, 11) is -2.42. The molecular weight excluding hydrogens is 364 g/mol. The Bertz CT molecular complexity index is 481. The van der Waals surface area contributed by atoms with Crippen molar-refractivity contribution in [1.82, 2.24) is 0 Å². The van der Waals surface area contributed by atoms with Gasteiger partial charge in [0.2, 0.25) is 0 Å². The number of hydrogen-bond acceptors (Lipinski definition) is 5. The number of aliphatic hydroxyl groups excluding tert-OH is 1. The Hall–Kier alpha value is 0.234. The molecule has 0 aromatic rings. The van der Waals surface area contributed by atoms with Crippen LogP contribution in [0.1, 0.15) is 48.5 Å². The van der Waals surface area contributed by atoms with Crippen molar-refractivity contribution in [3.63, 3.8) is 0 Å². The monoisotopic (exact) mass is 406 g/mol. The maximum absolute atomic E-state index is 11.1. The van der Waals surface area contributed by atoms with Crippen molar-refractivity contribution in [2.45, 2.75) is 109 Å². The molecular formula is C19H42O5Si2. The Morgan fingerprint density at radius 1 is 0.962 bits per heavy atom. The van der Waals surface area contributed by atoms with E-state index >= 15 is 0 Å². The maximum atomic E-state index is 11.1. The number of hydrogen-bond donors (Lipinski definition) is 1. The highest BCUT2D eigenvalue weighted by Crippen LogP contribution is 2.43. The van der Waals surface area contributed by atoms with E-state index in [4.69, 9.17) is 18.3 Å². The summed E-state index contributed by atoms with van der Waals surface area (Å²) in [6.07, 6.45) is -1.90. The molecule has 1 aliphatic heterocycles. The third-order valence-corrected chi connectivity index (χ3v) is 15.5. The van der Waals surface area contributed by atoms with Gasteiger partial charge in [-0.05, 0) is 43.2 Å². The second-order valence-corrected chi connectivity index (χ2v) is 20.4. The fourth-order valence-electron chi connectivity index (χ4n) is 2.38. The van der Waals surface area contributed by atoms with Crippen LogP contribution < -0.4 is 0 Å². The molecule has 1 aliphatic rings. The van der Waals surface area contributed by atoms with E-state index in [0.717, 1.165) is 0 Å². The van der Waals surface area contributed by atoms with Crippen LogP contribution in [0.3, 0.4) is 0 Å².